The van der Waals surface area contributed by atoms with Gasteiger partial charge in [0.15, 0.2) is 0 Å². The van der Waals surface area contributed by atoms with E-state index in [-0.39, 0.29) is 0 Å². The highest BCUT2D eigenvalue weighted by Crippen LogP contribution is 2.33. The number of hydrogen-bond donors (Lipinski definition) is 2. The van der Waals surface area contributed by atoms with E-state index in [1.54, 1.807) is 0 Å². The van der Waals surface area contributed by atoms with Crippen molar-refractivity contribution < 1.29 is 5.11 Å². The van der Waals surface area contributed by atoms with Gasteiger partial charge in [0.1, 0.15) is 0 Å². The van der Waals surface area contributed by atoms with Gasteiger partial charge in [-0.3, -0.25) is 0 Å². The van der Waals surface area contributed by atoms with Gasteiger partial charge in [0.2, 0.25) is 0 Å². The minimum absolute atomic E-state index is 0.403. The molecular weight excluding hydrogens is 254 g/mol. The number of benzene rings is 1. The molecule has 1 atom stereocenters. The molecule has 3 heteroatoms. The lowest BCUT2D eigenvalue weighted by Crippen LogP contribution is -2.09. The van der Waals surface area contributed by atoms with Gasteiger partial charge >= 0.3 is 0 Å². The second-order valence-corrected chi connectivity index (χ2v) is 5.00. The molecule has 0 radical (unpaired) electrons. The van der Waals surface area contributed by atoms with Gasteiger partial charge in [-0.05, 0) is 61.1 Å². The standard InChI is InChI=1S/C12H16BrNO/c13-9-6-8-2-1-3-10(8)11(7-9)12(15)4-5-14/h6-7,12,15H,1-5,14H2. The molecule has 0 bridgehead atoms. The lowest BCUT2D eigenvalue weighted by molar-refractivity contribution is 0.169. The van der Waals surface area contributed by atoms with Crippen LogP contribution in [0.15, 0.2) is 16.6 Å². The Bertz CT molecular complexity index is 365. The summed E-state index contributed by atoms with van der Waals surface area (Å²) in [6.45, 7) is 0.530. The van der Waals surface area contributed by atoms with E-state index in [2.05, 4.69) is 22.0 Å². The van der Waals surface area contributed by atoms with Crippen molar-refractivity contribution in [3.05, 3.63) is 33.3 Å². The summed E-state index contributed by atoms with van der Waals surface area (Å²) in [7, 11) is 0. The lowest BCUT2D eigenvalue weighted by Gasteiger charge is -2.15. The Morgan fingerprint density at radius 2 is 2.20 bits per heavy atom. The van der Waals surface area contributed by atoms with E-state index in [0.29, 0.717) is 13.0 Å². The molecule has 0 aliphatic heterocycles. The molecule has 0 saturated heterocycles. The van der Waals surface area contributed by atoms with Crippen LogP contribution in [0.5, 0.6) is 0 Å². The van der Waals surface area contributed by atoms with E-state index in [9.17, 15) is 5.11 Å². The second-order valence-electron chi connectivity index (χ2n) is 4.08. The smallest absolute Gasteiger partial charge is 0.0805 e. The highest BCUT2D eigenvalue weighted by Gasteiger charge is 2.19. The maximum Gasteiger partial charge on any atom is 0.0805 e. The van der Waals surface area contributed by atoms with E-state index in [4.69, 9.17) is 5.73 Å². The summed E-state index contributed by atoms with van der Waals surface area (Å²) in [5.74, 6) is 0. The predicted molar refractivity (Wildman–Crippen MR) is 64.8 cm³/mol. The van der Waals surface area contributed by atoms with Crippen LogP contribution in [0.2, 0.25) is 0 Å². The molecule has 1 unspecified atom stereocenters. The normalized spacial score (nSPS) is 16.5. The van der Waals surface area contributed by atoms with E-state index in [0.717, 1.165) is 22.9 Å². The first-order valence-electron chi connectivity index (χ1n) is 5.41. The zero-order valence-electron chi connectivity index (χ0n) is 8.67. The highest BCUT2D eigenvalue weighted by molar-refractivity contribution is 9.10. The molecule has 0 saturated carbocycles. The fourth-order valence-electron chi connectivity index (χ4n) is 2.31. The van der Waals surface area contributed by atoms with Gasteiger partial charge in [0.05, 0.1) is 6.10 Å². The summed E-state index contributed by atoms with van der Waals surface area (Å²) in [5.41, 5.74) is 9.28. The average molecular weight is 270 g/mol. The third-order valence-electron chi connectivity index (χ3n) is 3.01. The number of nitrogens with two attached hydrogens (primary N) is 1. The van der Waals surface area contributed by atoms with Gasteiger partial charge in [-0.2, -0.15) is 0 Å². The summed E-state index contributed by atoms with van der Waals surface area (Å²) in [6, 6.07) is 4.20. The first kappa shape index (κ1) is 11.1. The Labute approximate surface area is 98.6 Å². The van der Waals surface area contributed by atoms with Crippen molar-refractivity contribution >= 4 is 15.9 Å². The van der Waals surface area contributed by atoms with E-state index in [1.807, 2.05) is 6.07 Å². The molecule has 0 amide bonds. The molecular formula is C12H16BrNO. The maximum atomic E-state index is 10.0. The second kappa shape index (κ2) is 4.64. The number of aryl methyl sites for hydroxylation is 1. The lowest BCUT2D eigenvalue weighted by atomic mass is 9.97. The molecule has 82 valence electrons. The molecule has 2 rings (SSSR count). The Balaban J connectivity index is 2.37. The molecule has 0 fully saturated rings. The van der Waals surface area contributed by atoms with Gasteiger partial charge in [-0.1, -0.05) is 15.9 Å². The predicted octanol–water partition coefficient (Wildman–Crippen LogP) is 2.32. The topological polar surface area (TPSA) is 46.2 Å². The van der Waals surface area contributed by atoms with Crippen LogP contribution in [0.4, 0.5) is 0 Å². The van der Waals surface area contributed by atoms with Crippen molar-refractivity contribution in [3.8, 4) is 0 Å². The quantitative estimate of drug-likeness (QED) is 0.885. The highest BCUT2D eigenvalue weighted by atomic mass is 79.9. The number of rotatable bonds is 3. The van der Waals surface area contributed by atoms with Crippen LogP contribution in [0, 0.1) is 0 Å². The molecule has 3 N–H and O–H groups in total. The van der Waals surface area contributed by atoms with Crippen molar-refractivity contribution in [2.45, 2.75) is 31.8 Å². The van der Waals surface area contributed by atoms with Crippen LogP contribution >= 0.6 is 15.9 Å². The SMILES string of the molecule is NCCC(O)c1cc(Br)cc2c1CCC2. The number of fused-ring (bicyclic) bond motifs is 1. The number of aliphatic hydroxyl groups excluding tert-OH is 1. The monoisotopic (exact) mass is 269 g/mol. The first-order chi connectivity index (χ1) is 7.22. The molecule has 1 aromatic rings. The fraction of sp³-hybridized carbons (Fsp3) is 0.500. The Morgan fingerprint density at radius 1 is 1.40 bits per heavy atom. The Hall–Kier alpha value is -0.380. The number of aliphatic hydroxyl groups is 1. The van der Waals surface area contributed by atoms with Crippen LogP contribution in [0.1, 0.15) is 35.6 Å². The van der Waals surface area contributed by atoms with Gasteiger partial charge in [0, 0.05) is 4.47 Å². The zero-order chi connectivity index (χ0) is 10.8. The molecule has 15 heavy (non-hydrogen) atoms. The summed E-state index contributed by atoms with van der Waals surface area (Å²) in [4.78, 5) is 0. The van der Waals surface area contributed by atoms with Gasteiger partial charge in [-0.15, -0.1) is 0 Å². The van der Waals surface area contributed by atoms with Crippen LogP contribution in [0.25, 0.3) is 0 Å². The minimum atomic E-state index is -0.403. The van der Waals surface area contributed by atoms with Crippen molar-refractivity contribution in [2.24, 2.45) is 5.73 Å². The Morgan fingerprint density at radius 3 is 2.93 bits per heavy atom. The molecule has 2 nitrogen and oxygen atoms in total. The minimum Gasteiger partial charge on any atom is -0.388 e. The van der Waals surface area contributed by atoms with Gasteiger partial charge in [0.25, 0.3) is 0 Å². The molecule has 0 heterocycles. The van der Waals surface area contributed by atoms with Crippen molar-refractivity contribution in [2.75, 3.05) is 6.54 Å². The third-order valence-corrected chi connectivity index (χ3v) is 3.47. The number of halogens is 1. The fourth-order valence-corrected chi connectivity index (χ4v) is 2.83. The van der Waals surface area contributed by atoms with Gasteiger partial charge < -0.3 is 10.8 Å². The molecule has 0 spiro atoms. The average Bonchev–Trinajstić information content (AvgIpc) is 2.64. The van der Waals surface area contributed by atoms with Gasteiger partial charge in [-0.25, -0.2) is 0 Å². The zero-order valence-corrected chi connectivity index (χ0v) is 10.3. The van der Waals surface area contributed by atoms with Crippen molar-refractivity contribution in [1.82, 2.24) is 0 Å². The van der Waals surface area contributed by atoms with Crippen LogP contribution in [-0.2, 0) is 12.8 Å². The molecule has 1 aliphatic rings. The third kappa shape index (κ3) is 2.25. The molecule has 1 aliphatic carbocycles. The molecule has 1 aromatic carbocycles. The Kier molecular flexibility index (Phi) is 3.44. The summed E-state index contributed by atoms with van der Waals surface area (Å²) in [6.07, 6.45) is 3.67. The summed E-state index contributed by atoms with van der Waals surface area (Å²) >= 11 is 3.49. The number of hydrogen-bond acceptors (Lipinski definition) is 2. The van der Waals surface area contributed by atoms with Crippen LogP contribution in [0.3, 0.4) is 0 Å². The van der Waals surface area contributed by atoms with Crippen molar-refractivity contribution in [1.29, 1.82) is 0 Å². The maximum absolute atomic E-state index is 10.0. The van der Waals surface area contributed by atoms with Crippen molar-refractivity contribution in [3.63, 3.8) is 0 Å². The van der Waals surface area contributed by atoms with E-state index < -0.39 is 6.10 Å². The summed E-state index contributed by atoms with van der Waals surface area (Å²) in [5, 5.41) is 10.0. The van der Waals surface area contributed by atoms with E-state index >= 15 is 0 Å². The summed E-state index contributed by atoms with van der Waals surface area (Å²) < 4.78 is 1.06. The largest absolute Gasteiger partial charge is 0.388 e. The molecule has 0 aromatic heterocycles. The van der Waals surface area contributed by atoms with E-state index in [1.165, 1.54) is 17.5 Å². The van der Waals surface area contributed by atoms with Crippen LogP contribution < -0.4 is 5.73 Å². The van der Waals surface area contributed by atoms with Crippen LogP contribution in [-0.4, -0.2) is 11.7 Å². The first-order valence-corrected chi connectivity index (χ1v) is 6.21.